The van der Waals surface area contributed by atoms with Gasteiger partial charge in [0.15, 0.2) is 0 Å². The molecule has 1 aliphatic carbocycles. The Labute approximate surface area is 139 Å². The van der Waals surface area contributed by atoms with Gasteiger partial charge in [-0.25, -0.2) is 9.78 Å². The molecular formula is C17H21N3O2S. The highest BCUT2D eigenvalue weighted by Crippen LogP contribution is 2.25. The lowest BCUT2D eigenvalue weighted by molar-refractivity contribution is 0.156. The van der Waals surface area contributed by atoms with E-state index in [0.29, 0.717) is 0 Å². The summed E-state index contributed by atoms with van der Waals surface area (Å²) in [7, 11) is 0. The number of rotatable bonds is 4. The van der Waals surface area contributed by atoms with Gasteiger partial charge < -0.3 is 15.7 Å². The van der Waals surface area contributed by atoms with Crippen molar-refractivity contribution in [3.8, 4) is 10.6 Å². The normalized spacial score (nSPS) is 20.9. The Hall–Kier alpha value is -1.92. The summed E-state index contributed by atoms with van der Waals surface area (Å²) in [4.78, 5) is 16.5. The molecule has 23 heavy (non-hydrogen) atoms. The van der Waals surface area contributed by atoms with Gasteiger partial charge >= 0.3 is 6.03 Å². The number of anilines is 1. The third-order valence-corrected chi connectivity index (χ3v) is 5.08. The zero-order chi connectivity index (χ0) is 16.1. The SMILES string of the molecule is O=C(Nc1cccc(-c2nccs2)c1)N[C@@H]1CCCC[C@@H]1CO. The predicted octanol–water partition coefficient (Wildman–Crippen LogP) is 3.48. The molecule has 1 aliphatic rings. The number of nitrogens with one attached hydrogen (secondary N) is 2. The minimum atomic E-state index is -0.216. The number of aromatic nitrogens is 1. The van der Waals surface area contributed by atoms with Crippen molar-refractivity contribution in [2.45, 2.75) is 31.7 Å². The van der Waals surface area contributed by atoms with Gasteiger partial charge in [-0.3, -0.25) is 0 Å². The van der Waals surface area contributed by atoms with Gasteiger partial charge in [-0.05, 0) is 25.0 Å². The lowest BCUT2D eigenvalue weighted by atomic mass is 9.85. The summed E-state index contributed by atoms with van der Waals surface area (Å²) >= 11 is 1.57. The molecule has 0 unspecified atom stereocenters. The molecule has 2 aromatic rings. The summed E-state index contributed by atoms with van der Waals surface area (Å²) in [6, 6.07) is 7.50. The fraction of sp³-hybridized carbons (Fsp3) is 0.412. The first kappa shape index (κ1) is 16.0. The van der Waals surface area contributed by atoms with E-state index in [2.05, 4.69) is 15.6 Å². The predicted molar refractivity (Wildman–Crippen MR) is 92.5 cm³/mol. The maximum Gasteiger partial charge on any atom is 0.319 e. The van der Waals surface area contributed by atoms with E-state index in [1.54, 1.807) is 17.5 Å². The van der Waals surface area contributed by atoms with Crippen molar-refractivity contribution in [1.82, 2.24) is 10.3 Å². The van der Waals surface area contributed by atoms with E-state index >= 15 is 0 Å². The Balaban J connectivity index is 1.62. The van der Waals surface area contributed by atoms with Crippen LogP contribution in [0.4, 0.5) is 10.5 Å². The third-order valence-electron chi connectivity index (χ3n) is 4.26. The number of urea groups is 1. The molecule has 1 aromatic heterocycles. The molecule has 0 saturated heterocycles. The van der Waals surface area contributed by atoms with E-state index < -0.39 is 0 Å². The average Bonchev–Trinajstić information content (AvgIpc) is 3.10. The van der Waals surface area contributed by atoms with Crippen LogP contribution in [0.1, 0.15) is 25.7 Å². The molecule has 2 amide bonds. The van der Waals surface area contributed by atoms with Crippen molar-refractivity contribution < 1.29 is 9.90 Å². The molecule has 122 valence electrons. The first-order valence-corrected chi connectivity index (χ1v) is 8.82. The number of carbonyl (C=O) groups is 1. The molecule has 0 spiro atoms. The number of benzene rings is 1. The zero-order valence-corrected chi connectivity index (χ0v) is 13.7. The van der Waals surface area contributed by atoms with Crippen molar-refractivity contribution in [3.63, 3.8) is 0 Å². The van der Waals surface area contributed by atoms with Crippen molar-refractivity contribution in [3.05, 3.63) is 35.8 Å². The molecule has 1 heterocycles. The topological polar surface area (TPSA) is 74.2 Å². The maximum atomic E-state index is 12.2. The number of nitrogens with zero attached hydrogens (tertiary/aromatic N) is 1. The fourth-order valence-electron chi connectivity index (χ4n) is 3.05. The number of aliphatic hydroxyl groups is 1. The van der Waals surface area contributed by atoms with E-state index in [9.17, 15) is 9.90 Å². The van der Waals surface area contributed by atoms with Gasteiger partial charge in [0.05, 0.1) is 0 Å². The van der Waals surface area contributed by atoms with E-state index in [-0.39, 0.29) is 24.6 Å². The number of hydrogen-bond donors (Lipinski definition) is 3. The van der Waals surface area contributed by atoms with Crippen molar-refractivity contribution in [1.29, 1.82) is 0 Å². The molecule has 1 aromatic carbocycles. The molecule has 1 saturated carbocycles. The fourth-order valence-corrected chi connectivity index (χ4v) is 3.68. The van der Waals surface area contributed by atoms with Gasteiger partial charge in [-0.15, -0.1) is 11.3 Å². The van der Waals surface area contributed by atoms with E-state index in [4.69, 9.17) is 0 Å². The second kappa shape index (κ2) is 7.57. The van der Waals surface area contributed by atoms with Gasteiger partial charge in [0.1, 0.15) is 5.01 Å². The first-order chi connectivity index (χ1) is 11.3. The minimum Gasteiger partial charge on any atom is -0.396 e. The number of thiazole rings is 1. The van der Waals surface area contributed by atoms with E-state index in [1.165, 1.54) is 0 Å². The average molecular weight is 331 g/mol. The lowest BCUT2D eigenvalue weighted by Crippen LogP contribution is -2.45. The van der Waals surface area contributed by atoms with Crippen LogP contribution in [0.15, 0.2) is 35.8 Å². The Kier molecular flexibility index (Phi) is 5.25. The van der Waals surface area contributed by atoms with Crippen LogP contribution >= 0.6 is 11.3 Å². The van der Waals surface area contributed by atoms with Crippen LogP contribution in [0.2, 0.25) is 0 Å². The lowest BCUT2D eigenvalue weighted by Gasteiger charge is -2.30. The van der Waals surface area contributed by atoms with Gasteiger partial charge in [-0.1, -0.05) is 25.0 Å². The van der Waals surface area contributed by atoms with Crippen LogP contribution in [0, 0.1) is 5.92 Å². The quantitative estimate of drug-likeness (QED) is 0.803. The monoisotopic (exact) mass is 331 g/mol. The smallest absolute Gasteiger partial charge is 0.319 e. The first-order valence-electron chi connectivity index (χ1n) is 7.94. The number of aliphatic hydroxyl groups excluding tert-OH is 1. The van der Waals surface area contributed by atoms with Gasteiger partial charge in [0, 0.05) is 41.4 Å². The Morgan fingerprint density at radius 3 is 3.00 bits per heavy atom. The molecule has 0 aliphatic heterocycles. The van der Waals surface area contributed by atoms with Crippen LogP contribution in [-0.2, 0) is 0 Å². The highest BCUT2D eigenvalue weighted by molar-refractivity contribution is 7.13. The molecule has 5 nitrogen and oxygen atoms in total. The minimum absolute atomic E-state index is 0.0518. The molecule has 3 N–H and O–H groups in total. The molecule has 0 bridgehead atoms. The van der Waals surface area contributed by atoms with Crippen molar-refractivity contribution in [2.24, 2.45) is 5.92 Å². The molecular weight excluding hydrogens is 310 g/mol. The summed E-state index contributed by atoms with van der Waals surface area (Å²) < 4.78 is 0. The van der Waals surface area contributed by atoms with Crippen LogP contribution < -0.4 is 10.6 Å². The van der Waals surface area contributed by atoms with Crippen molar-refractivity contribution in [2.75, 3.05) is 11.9 Å². The molecule has 0 radical (unpaired) electrons. The third kappa shape index (κ3) is 4.09. The largest absolute Gasteiger partial charge is 0.396 e. The molecule has 3 rings (SSSR count). The van der Waals surface area contributed by atoms with E-state index in [0.717, 1.165) is 41.9 Å². The highest BCUT2D eigenvalue weighted by atomic mass is 32.1. The number of carbonyl (C=O) groups excluding carboxylic acids is 1. The summed E-state index contributed by atoms with van der Waals surface area (Å²) in [5, 5.41) is 18.2. The van der Waals surface area contributed by atoms with Crippen LogP contribution in [0.25, 0.3) is 10.6 Å². The standard InChI is InChI=1S/C17H21N3O2S/c21-11-13-4-1-2-7-15(13)20-17(22)19-14-6-3-5-12(10-14)16-18-8-9-23-16/h3,5-6,8-10,13,15,21H,1-2,4,7,11H2,(H2,19,20,22)/t13-,15-/m1/s1. The number of amides is 2. The second-order valence-electron chi connectivity index (χ2n) is 5.85. The van der Waals surface area contributed by atoms with Crippen molar-refractivity contribution >= 4 is 23.1 Å². The summed E-state index contributed by atoms with van der Waals surface area (Å²) in [5.41, 5.74) is 1.73. The summed E-state index contributed by atoms with van der Waals surface area (Å²) in [5.74, 6) is 0.163. The maximum absolute atomic E-state index is 12.2. The van der Waals surface area contributed by atoms with E-state index in [1.807, 2.05) is 29.6 Å². The molecule has 2 atom stereocenters. The van der Waals surface area contributed by atoms with Gasteiger partial charge in [0.2, 0.25) is 0 Å². The van der Waals surface area contributed by atoms with Crippen LogP contribution in [0.5, 0.6) is 0 Å². The van der Waals surface area contributed by atoms with Gasteiger partial charge in [0.25, 0.3) is 0 Å². The Morgan fingerprint density at radius 1 is 1.35 bits per heavy atom. The van der Waals surface area contributed by atoms with Gasteiger partial charge in [-0.2, -0.15) is 0 Å². The molecule has 1 fully saturated rings. The van der Waals surface area contributed by atoms with Crippen LogP contribution in [0.3, 0.4) is 0 Å². The highest BCUT2D eigenvalue weighted by Gasteiger charge is 2.25. The zero-order valence-electron chi connectivity index (χ0n) is 12.9. The molecule has 6 heteroatoms. The summed E-state index contributed by atoms with van der Waals surface area (Å²) in [6.45, 7) is 0.129. The number of hydrogen-bond acceptors (Lipinski definition) is 4. The second-order valence-corrected chi connectivity index (χ2v) is 6.74. The summed E-state index contributed by atoms with van der Waals surface area (Å²) in [6.07, 6.45) is 5.89. The Morgan fingerprint density at radius 2 is 2.22 bits per heavy atom. The van der Waals surface area contributed by atoms with Crippen LogP contribution in [-0.4, -0.2) is 28.8 Å². The Bertz CT molecular complexity index is 645.